The predicted octanol–water partition coefficient (Wildman–Crippen LogP) is 2.00. The second kappa shape index (κ2) is 8.55. The zero-order valence-electron chi connectivity index (χ0n) is 12.6. The van der Waals surface area contributed by atoms with Gasteiger partial charge in [0, 0.05) is 27.3 Å². The third-order valence-electron chi connectivity index (χ3n) is 3.05. The van der Waals surface area contributed by atoms with Crippen molar-refractivity contribution in [3.05, 3.63) is 23.8 Å². The van der Waals surface area contributed by atoms with Crippen LogP contribution in [0.2, 0.25) is 0 Å². The highest BCUT2D eigenvalue weighted by Gasteiger charge is 2.18. The number of nitrogens with zero attached hydrogens (tertiary/aromatic N) is 1. The zero-order chi connectivity index (χ0) is 15.0. The standard InChI is InChI=1S/C15H23NO4/c1-12(17)15-13(6-5-7-14(15)20-4)16(8-10-18-2)9-11-19-3/h5-7H,8-11H2,1-4H3. The van der Waals surface area contributed by atoms with E-state index in [2.05, 4.69) is 4.90 Å². The average molecular weight is 281 g/mol. The molecule has 0 saturated heterocycles. The van der Waals surface area contributed by atoms with Gasteiger partial charge in [-0.2, -0.15) is 0 Å². The summed E-state index contributed by atoms with van der Waals surface area (Å²) in [4.78, 5) is 14.0. The Morgan fingerprint density at radius 2 is 1.70 bits per heavy atom. The number of rotatable bonds is 9. The number of carbonyl (C=O) groups is 1. The van der Waals surface area contributed by atoms with Gasteiger partial charge in [0.25, 0.3) is 0 Å². The second-order valence-corrected chi connectivity index (χ2v) is 4.38. The number of ether oxygens (including phenoxy) is 3. The van der Waals surface area contributed by atoms with Crippen molar-refractivity contribution in [2.45, 2.75) is 6.92 Å². The molecule has 0 N–H and O–H groups in total. The van der Waals surface area contributed by atoms with Crippen molar-refractivity contribution in [2.75, 3.05) is 52.5 Å². The van der Waals surface area contributed by atoms with Crippen LogP contribution >= 0.6 is 0 Å². The summed E-state index contributed by atoms with van der Waals surface area (Å²) in [5.74, 6) is 0.576. The summed E-state index contributed by atoms with van der Waals surface area (Å²) in [6.07, 6.45) is 0. The van der Waals surface area contributed by atoms with E-state index in [0.29, 0.717) is 37.6 Å². The first-order valence-corrected chi connectivity index (χ1v) is 6.56. The van der Waals surface area contributed by atoms with Crippen LogP contribution in [-0.2, 0) is 9.47 Å². The minimum absolute atomic E-state index is 0.0164. The minimum Gasteiger partial charge on any atom is -0.496 e. The van der Waals surface area contributed by atoms with E-state index in [9.17, 15) is 4.79 Å². The molecule has 112 valence electrons. The van der Waals surface area contributed by atoms with Gasteiger partial charge in [-0.25, -0.2) is 0 Å². The lowest BCUT2D eigenvalue weighted by molar-refractivity contribution is 0.101. The van der Waals surface area contributed by atoms with Crippen molar-refractivity contribution in [2.24, 2.45) is 0 Å². The van der Waals surface area contributed by atoms with Crippen LogP contribution in [0.15, 0.2) is 18.2 Å². The maximum absolute atomic E-state index is 11.9. The van der Waals surface area contributed by atoms with Crippen molar-refractivity contribution in [1.82, 2.24) is 0 Å². The fourth-order valence-corrected chi connectivity index (χ4v) is 2.06. The molecule has 1 aromatic carbocycles. The molecule has 0 amide bonds. The maximum Gasteiger partial charge on any atom is 0.165 e. The Bertz CT molecular complexity index is 426. The highest BCUT2D eigenvalue weighted by molar-refractivity contribution is 6.02. The van der Waals surface area contributed by atoms with Crippen LogP contribution in [-0.4, -0.2) is 53.4 Å². The lowest BCUT2D eigenvalue weighted by Gasteiger charge is -2.26. The number of carbonyl (C=O) groups excluding carboxylic acids is 1. The molecular formula is C15H23NO4. The number of Topliss-reactive ketones (excluding diaryl/α,β-unsaturated/α-hetero) is 1. The Morgan fingerprint density at radius 3 is 2.15 bits per heavy atom. The quantitative estimate of drug-likeness (QED) is 0.648. The predicted molar refractivity (Wildman–Crippen MR) is 79.0 cm³/mol. The largest absolute Gasteiger partial charge is 0.496 e. The molecule has 5 heteroatoms. The number of benzene rings is 1. The topological polar surface area (TPSA) is 48.0 Å². The highest BCUT2D eigenvalue weighted by atomic mass is 16.5. The van der Waals surface area contributed by atoms with Crippen LogP contribution < -0.4 is 9.64 Å². The van der Waals surface area contributed by atoms with E-state index < -0.39 is 0 Å². The number of hydrogen-bond acceptors (Lipinski definition) is 5. The summed E-state index contributed by atoms with van der Waals surface area (Å²) in [6, 6.07) is 5.60. The molecule has 0 fully saturated rings. The average Bonchev–Trinajstić information content (AvgIpc) is 2.46. The number of ketones is 1. The van der Waals surface area contributed by atoms with E-state index >= 15 is 0 Å². The molecule has 0 spiro atoms. The molecule has 1 rings (SSSR count). The van der Waals surface area contributed by atoms with Gasteiger partial charge in [0.2, 0.25) is 0 Å². The van der Waals surface area contributed by atoms with Crippen LogP contribution in [0.1, 0.15) is 17.3 Å². The van der Waals surface area contributed by atoms with Gasteiger partial charge in [-0.15, -0.1) is 0 Å². The molecular weight excluding hydrogens is 258 g/mol. The monoisotopic (exact) mass is 281 g/mol. The molecule has 1 aromatic rings. The minimum atomic E-state index is -0.0164. The Labute approximate surface area is 120 Å². The Hall–Kier alpha value is -1.59. The molecule has 0 atom stereocenters. The fourth-order valence-electron chi connectivity index (χ4n) is 2.06. The number of hydrogen-bond donors (Lipinski definition) is 0. The van der Waals surface area contributed by atoms with Crippen LogP contribution in [0.4, 0.5) is 5.69 Å². The smallest absolute Gasteiger partial charge is 0.165 e. The van der Waals surface area contributed by atoms with Crippen molar-refractivity contribution in [1.29, 1.82) is 0 Å². The Kier molecular flexibility index (Phi) is 7.04. The first-order valence-electron chi connectivity index (χ1n) is 6.56. The van der Waals surface area contributed by atoms with E-state index in [-0.39, 0.29) is 5.78 Å². The molecule has 20 heavy (non-hydrogen) atoms. The third kappa shape index (κ3) is 4.21. The van der Waals surface area contributed by atoms with Gasteiger partial charge < -0.3 is 19.1 Å². The molecule has 0 saturated carbocycles. The van der Waals surface area contributed by atoms with E-state index in [4.69, 9.17) is 14.2 Å². The van der Waals surface area contributed by atoms with Gasteiger partial charge in [0.1, 0.15) is 5.75 Å². The normalized spacial score (nSPS) is 10.4. The summed E-state index contributed by atoms with van der Waals surface area (Å²) < 4.78 is 15.6. The molecule has 0 aliphatic carbocycles. The van der Waals surface area contributed by atoms with E-state index in [1.807, 2.05) is 12.1 Å². The third-order valence-corrected chi connectivity index (χ3v) is 3.05. The van der Waals surface area contributed by atoms with Crippen molar-refractivity contribution < 1.29 is 19.0 Å². The molecule has 0 heterocycles. The van der Waals surface area contributed by atoms with Crippen molar-refractivity contribution >= 4 is 11.5 Å². The van der Waals surface area contributed by atoms with Gasteiger partial charge in [0.05, 0.1) is 31.6 Å². The fraction of sp³-hybridized carbons (Fsp3) is 0.533. The summed E-state index contributed by atoms with van der Waals surface area (Å²) in [5.41, 5.74) is 1.45. The van der Waals surface area contributed by atoms with Gasteiger partial charge in [-0.1, -0.05) is 6.07 Å². The lowest BCUT2D eigenvalue weighted by Crippen LogP contribution is -2.32. The highest BCUT2D eigenvalue weighted by Crippen LogP contribution is 2.29. The SMILES string of the molecule is COCCN(CCOC)c1cccc(OC)c1C(C)=O. The molecule has 5 nitrogen and oxygen atoms in total. The molecule has 0 radical (unpaired) electrons. The van der Waals surface area contributed by atoms with E-state index in [1.165, 1.54) is 0 Å². The second-order valence-electron chi connectivity index (χ2n) is 4.38. The molecule has 0 unspecified atom stereocenters. The summed E-state index contributed by atoms with van der Waals surface area (Å²) in [7, 11) is 4.89. The molecule has 0 aromatic heterocycles. The van der Waals surface area contributed by atoms with Gasteiger partial charge >= 0.3 is 0 Å². The summed E-state index contributed by atoms with van der Waals surface area (Å²) >= 11 is 0. The summed E-state index contributed by atoms with van der Waals surface area (Å²) in [5, 5.41) is 0. The molecule has 0 bridgehead atoms. The van der Waals surface area contributed by atoms with Crippen molar-refractivity contribution in [3.8, 4) is 5.75 Å². The Morgan fingerprint density at radius 1 is 1.10 bits per heavy atom. The van der Waals surface area contributed by atoms with E-state index in [1.54, 1.807) is 34.3 Å². The van der Waals surface area contributed by atoms with Gasteiger partial charge in [-0.3, -0.25) is 4.79 Å². The number of anilines is 1. The lowest BCUT2D eigenvalue weighted by atomic mass is 10.1. The Balaban J connectivity index is 3.13. The zero-order valence-corrected chi connectivity index (χ0v) is 12.6. The van der Waals surface area contributed by atoms with Crippen LogP contribution in [0.5, 0.6) is 5.75 Å². The van der Waals surface area contributed by atoms with Crippen LogP contribution in [0, 0.1) is 0 Å². The first-order chi connectivity index (χ1) is 9.65. The molecule has 0 aliphatic rings. The maximum atomic E-state index is 11.9. The first kappa shape index (κ1) is 16.5. The van der Waals surface area contributed by atoms with Gasteiger partial charge in [0.15, 0.2) is 5.78 Å². The van der Waals surface area contributed by atoms with Crippen LogP contribution in [0.25, 0.3) is 0 Å². The van der Waals surface area contributed by atoms with E-state index in [0.717, 1.165) is 5.69 Å². The summed E-state index contributed by atoms with van der Waals surface area (Å²) in [6.45, 7) is 4.09. The van der Waals surface area contributed by atoms with Crippen LogP contribution in [0.3, 0.4) is 0 Å². The van der Waals surface area contributed by atoms with Crippen molar-refractivity contribution in [3.63, 3.8) is 0 Å². The molecule has 0 aliphatic heterocycles. The number of methoxy groups -OCH3 is 3. The van der Waals surface area contributed by atoms with Gasteiger partial charge in [-0.05, 0) is 19.1 Å².